The Morgan fingerprint density at radius 1 is 0.681 bits per heavy atom. The number of likely N-dealkylation sites (N-methyl/N-ethyl adjacent to an activating group) is 2. The highest BCUT2D eigenvalue weighted by Gasteiger charge is 2.37. The standard InChI is InChI=1S/C38H42N2O7/c1-39-15-13-24-20-31(43-4)33-21-27(24)28(39)17-22-7-10-25(11-8-22)46-32-19-23(9-12-30(32)42-3)18-29-34-26(14-16-40(29)2)35(41)37(44-5)38(45-6)36(34)47-33/h7-12,19-21,28-29,41H,13-18H2,1-6H3. The van der Waals surface area contributed by atoms with Gasteiger partial charge in [-0.05, 0) is 98.4 Å². The van der Waals surface area contributed by atoms with Gasteiger partial charge in [0.25, 0.3) is 0 Å². The van der Waals surface area contributed by atoms with Crippen molar-refractivity contribution >= 4 is 0 Å². The highest BCUT2D eigenvalue weighted by atomic mass is 16.5. The Kier molecular flexibility index (Phi) is 8.28. The van der Waals surface area contributed by atoms with Crippen LogP contribution in [0.2, 0.25) is 0 Å². The lowest BCUT2D eigenvalue weighted by molar-refractivity contribution is 0.216. The van der Waals surface area contributed by atoms with Crippen molar-refractivity contribution in [3.8, 4) is 51.7 Å². The molecule has 0 fully saturated rings. The van der Waals surface area contributed by atoms with Crippen LogP contribution in [0.3, 0.4) is 0 Å². The van der Waals surface area contributed by atoms with E-state index in [-0.39, 0.29) is 23.6 Å². The molecular weight excluding hydrogens is 596 g/mol. The maximum atomic E-state index is 11.6. The molecule has 0 aliphatic carbocycles. The van der Waals surface area contributed by atoms with Crippen LogP contribution in [-0.4, -0.2) is 70.5 Å². The molecule has 4 aromatic carbocycles. The summed E-state index contributed by atoms with van der Waals surface area (Å²) >= 11 is 0. The molecule has 6 bridgehead atoms. The minimum Gasteiger partial charge on any atom is -0.504 e. The molecule has 0 spiro atoms. The van der Waals surface area contributed by atoms with Crippen molar-refractivity contribution < 1.29 is 33.5 Å². The molecule has 2 atom stereocenters. The van der Waals surface area contributed by atoms with Crippen LogP contribution in [0.1, 0.15) is 45.5 Å². The van der Waals surface area contributed by atoms with Gasteiger partial charge in [0.1, 0.15) is 5.75 Å². The normalized spacial score (nSPS) is 19.0. The molecule has 1 N–H and O–H groups in total. The summed E-state index contributed by atoms with van der Waals surface area (Å²) in [6, 6.07) is 18.5. The number of nitrogens with zero attached hydrogens (tertiary/aromatic N) is 2. The van der Waals surface area contributed by atoms with E-state index in [2.05, 4.69) is 54.2 Å². The molecule has 0 saturated carbocycles. The second kappa shape index (κ2) is 12.5. The Labute approximate surface area is 276 Å². The van der Waals surface area contributed by atoms with Crippen LogP contribution in [0, 0.1) is 0 Å². The molecule has 0 saturated heterocycles. The number of methoxy groups -OCH3 is 4. The Morgan fingerprint density at radius 2 is 1.34 bits per heavy atom. The van der Waals surface area contributed by atoms with Crippen LogP contribution in [-0.2, 0) is 25.7 Å². The lowest BCUT2D eigenvalue weighted by Crippen LogP contribution is -2.34. The molecule has 9 heteroatoms. The van der Waals surface area contributed by atoms with Crippen molar-refractivity contribution in [3.63, 3.8) is 0 Å². The first-order valence-corrected chi connectivity index (χ1v) is 16.1. The summed E-state index contributed by atoms with van der Waals surface area (Å²) in [5, 5.41) is 11.6. The average Bonchev–Trinajstić information content (AvgIpc) is 3.08. The molecule has 0 aromatic heterocycles. The fourth-order valence-corrected chi connectivity index (χ4v) is 7.38. The van der Waals surface area contributed by atoms with Crippen LogP contribution in [0.25, 0.3) is 0 Å². The van der Waals surface area contributed by atoms with Gasteiger partial charge in [0, 0.05) is 36.3 Å². The highest BCUT2D eigenvalue weighted by Crippen LogP contribution is 2.56. The van der Waals surface area contributed by atoms with Crippen LogP contribution < -0.4 is 28.4 Å². The summed E-state index contributed by atoms with van der Waals surface area (Å²) in [7, 11) is 10.7. The van der Waals surface area contributed by atoms with Crippen molar-refractivity contribution in [2.24, 2.45) is 0 Å². The highest BCUT2D eigenvalue weighted by molar-refractivity contribution is 5.69. The fraction of sp³-hybridized carbons (Fsp3) is 0.368. The van der Waals surface area contributed by atoms with E-state index in [0.717, 1.165) is 48.4 Å². The molecular formula is C38H42N2O7. The van der Waals surface area contributed by atoms with Gasteiger partial charge in [-0.15, -0.1) is 0 Å². The molecule has 4 aromatic rings. The zero-order valence-corrected chi connectivity index (χ0v) is 27.9. The van der Waals surface area contributed by atoms with Crippen molar-refractivity contribution in [1.82, 2.24) is 9.80 Å². The van der Waals surface area contributed by atoms with Gasteiger partial charge >= 0.3 is 0 Å². The van der Waals surface area contributed by atoms with E-state index in [1.165, 1.54) is 23.8 Å². The number of hydrogen-bond acceptors (Lipinski definition) is 9. The number of hydrogen-bond donors (Lipinski definition) is 1. The number of ether oxygens (including phenoxy) is 6. The van der Waals surface area contributed by atoms with Gasteiger partial charge in [-0.25, -0.2) is 0 Å². The number of phenolic OH excluding ortho intramolecular Hbond substituents is 1. The van der Waals surface area contributed by atoms with E-state index in [1.807, 2.05) is 24.3 Å². The van der Waals surface area contributed by atoms with Crippen molar-refractivity contribution in [3.05, 3.63) is 88.0 Å². The monoisotopic (exact) mass is 638 g/mol. The lowest BCUT2D eigenvalue weighted by atomic mass is 9.86. The topological polar surface area (TPSA) is 82.1 Å². The third-order valence-corrected chi connectivity index (χ3v) is 9.97. The predicted octanol–water partition coefficient (Wildman–Crippen LogP) is 6.87. The number of phenols is 1. The Hall–Kier alpha value is -4.60. The van der Waals surface area contributed by atoms with E-state index in [1.54, 1.807) is 21.3 Å². The quantitative estimate of drug-likeness (QED) is 0.258. The van der Waals surface area contributed by atoms with Crippen molar-refractivity contribution in [2.45, 2.75) is 37.8 Å². The van der Waals surface area contributed by atoms with Crippen LogP contribution in [0.5, 0.6) is 51.7 Å². The van der Waals surface area contributed by atoms with Crippen LogP contribution in [0.15, 0.2) is 54.6 Å². The number of fused-ring (bicyclic) bond motifs is 2. The van der Waals surface area contributed by atoms with Gasteiger partial charge in [-0.2, -0.15) is 0 Å². The zero-order valence-electron chi connectivity index (χ0n) is 27.9. The third kappa shape index (κ3) is 5.47. The third-order valence-electron chi connectivity index (χ3n) is 9.97. The predicted molar refractivity (Wildman–Crippen MR) is 179 cm³/mol. The van der Waals surface area contributed by atoms with E-state index in [4.69, 9.17) is 28.4 Å². The Bertz CT molecular complexity index is 1810. The molecule has 9 nitrogen and oxygen atoms in total. The van der Waals surface area contributed by atoms with Crippen LogP contribution >= 0.6 is 0 Å². The van der Waals surface area contributed by atoms with Crippen molar-refractivity contribution in [2.75, 3.05) is 55.6 Å². The Balaban J connectivity index is 1.49. The van der Waals surface area contributed by atoms with Crippen LogP contribution in [0.4, 0.5) is 0 Å². The number of benzene rings is 4. The summed E-state index contributed by atoms with van der Waals surface area (Å²) in [5.41, 5.74) is 6.33. The largest absolute Gasteiger partial charge is 0.504 e. The van der Waals surface area contributed by atoms with E-state index in [9.17, 15) is 5.11 Å². The second-order valence-corrected chi connectivity index (χ2v) is 12.6. The van der Waals surface area contributed by atoms with Gasteiger partial charge in [-0.3, -0.25) is 9.80 Å². The number of aromatic hydroxyl groups is 1. The summed E-state index contributed by atoms with van der Waals surface area (Å²) < 4.78 is 36.8. The van der Waals surface area contributed by atoms with Gasteiger partial charge < -0.3 is 33.5 Å². The molecule has 0 radical (unpaired) electrons. The van der Waals surface area contributed by atoms with E-state index in [0.29, 0.717) is 47.3 Å². The summed E-state index contributed by atoms with van der Waals surface area (Å²) in [6.45, 7) is 1.67. The van der Waals surface area contributed by atoms with Gasteiger partial charge in [-0.1, -0.05) is 18.2 Å². The maximum absolute atomic E-state index is 11.6. The first-order chi connectivity index (χ1) is 22.8. The zero-order chi connectivity index (χ0) is 32.8. The molecule has 4 aliphatic heterocycles. The van der Waals surface area contributed by atoms with Gasteiger partial charge in [0.05, 0.1) is 28.4 Å². The molecule has 47 heavy (non-hydrogen) atoms. The summed E-state index contributed by atoms with van der Waals surface area (Å²) in [5.74, 6) is 4.44. The molecule has 0 amide bonds. The minimum absolute atomic E-state index is 0.0767. The molecule has 246 valence electrons. The minimum atomic E-state index is -0.165. The first-order valence-electron chi connectivity index (χ1n) is 16.1. The molecule has 8 rings (SSSR count). The molecule has 2 unspecified atom stereocenters. The first kappa shape index (κ1) is 31.0. The summed E-state index contributed by atoms with van der Waals surface area (Å²) in [6.07, 6.45) is 2.95. The Morgan fingerprint density at radius 3 is 2.06 bits per heavy atom. The fourth-order valence-electron chi connectivity index (χ4n) is 7.38. The van der Waals surface area contributed by atoms with Gasteiger partial charge in [0.15, 0.2) is 34.5 Å². The SMILES string of the molecule is COc1ccc2cc1Oc1ccc(cc1)CC1c3cc(c(OC)cc3CCN1C)Oc1c(OC)c(OC)c(O)c3c1C(C2)N(C)CC3. The molecule has 4 heterocycles. The lowest BCUT2D eigenvalue weighted by Gasteiger charge is -2.38. The smallest absolute Gasteiger partial charge is 0.208 e. The maximum Gasteiger partial charge on any atom is 0.208 e. The number of rotatable bonds is 4. The van der Waals surface area contributed by atoms with Gasteiger partial charge in [0.2, 0.25) is 11.5 Å². The summed E-state index contributed by atoms with van der Waals surface area (Å²) in [4.78, 5) is 4.69. The van der Waals surface area contributed by atoms with Crippen molar-refractivity contribution in [1.29, 1.82) is 0 Å². The molecule has 4 aliphatic rings. The second-order valence-electron chi connectivity index (χ2n) is 12.6. The van der Waals surface area contributed by atoms with E-state index >= 15 is 0 Å². The van der Waals surface area contributed by atoms with E-state index < -0.39 is 0 Å². The average molecular weight is 639 g/mol.